The molecule has 0 saturated heterocycles. The number of hydrogen-bond acceptors (Lipinski definition) is 3. The lowest BCUT2D eigenvalue weighted by Gasteiger charge is -2.17. The SMILES string of the molecule is COc1ccc(C)cc1N[C@@H](C)C(=O)NC1CC1. The molecule has 1 atom stereocenters. The minimum atomic E-state index is -0.263. The van der Waals surface area contributed by atoms with Crippen LogP contribution in [-0.2, 0) is 4.79 Å². The second kappa shape index (κ2) is 5.29. The fourth-order valence-corrected chi connectivity index (χ4v) is 1.79. The zero-order valence-corrected chi connectivity index (χ0v) is 11.1. The zero-order valence-electron chi connectivity index (χ0n) is 11.1. The molecule has 98 valence electrons. The summed E-state index contributed by atoms with van der Waals surface area (Å²) in [5.41, 5.74) is 1.99. The van der Waals surface area contributed by atoms with E-state index in [0.717, 1.165) is 29.8 Å². The molecule has 0 bridgehead atoms. The van der Waals surface area contributed by atoms with E-state index in [4.69, 9.17) is 4.74 Å². The molecular weight excluding hydrogens is 228 g/mol. The lowest BCUT2D eigenvalue weighted by molar-refractivity contribution is -0.121. The summed E-state index contributed by atoms with van der Waals surface area (Å²) in [6.07, 6.45) is 2.21. The van der Waals surface area contributed by atoms with Crippen molar-refractivity contribution in [2.75, 3.05) is 12.4 Å². The number of anilines is 1. The lowest BCUT2D eigenvalue weighted by atomic mass is 10.2. The number of aryl methyl sites for hydroxylation is 1. The minimum Gasteiger partial charge on any atom is -0.495 e. The molecule has 0 aliphatic heterocycles. The Morgan fingerprint density at radius 3 is 2.78 bits per heavy atom. The van der Waals surface area contributed by atoms with Crippen LogP contribution in [0.5, 0.6) is 5.75 Å². The van der Waals surface area contributed by atoms with E-state index < -0.39 is 0 Å². The maximum absolute atomic E-state index is 11.9. The van der Waals surface area contributed by atoms with E-state index in [0.29, 0.717) is 6.04 Å². The Bertz CT molecular complexity index is 441. The van der Waals surface area contributed by atoms with Gasteiger partial charge >= 0.3 is 0 Å². The van der Waals surface area contributed by atoms with Crippen molar-refractivity contribution in [1.29, 1.82) is 0 Å². The highest BCUT2D eigenvalue weighted by molar-refractivity contribution is 5.85. The first-order valence-electron chi connectivity index (χ1n) is 6.31. The van der Waals surface area contributed by atoms with E-state index in [1.54, 1.807) is 7.11 Å². The van der Waals surface area contributed by atoms with Crippen LogP contribution in [0.25, 0.3) is 0 Å². The van der Waals surface area contributed by atoms with Crippen molar-refractivity contribution in [2.45, 2.75) is 38.8 Å². The summed E-state index contributed by atoms with van der Waals surface area (Å²) >= 11 is 0. The molecule has 0 unspecified atom stereocenters. The second-order valence-corrected chi connectivity index (χ2v) is 4.85. The number of carbonyl (C=O) groups is 1. The van der Waals surface area contributed by atoms with Crippen molar-refractivity contribution < 1.29 is 9.53 Å². The Morgan fingerprint density at radius 1 is 1.44 bits per heavy atom. The number of amides is 1. The maximum Gasteiger partial charge on any atom is 0.242 e. The van der Waals surface area contributed by atoms with Crippen molar-refractivity contribution in [3.8, 4) is 5.75 Å². The molecule has 0 spiro atoms. The lowest BCUT2D eigenvalue weighted by Crippen LogP contribution is -2.38. The number of methoxy groups -OCH3 is 1. The highest BCUT2D eigenvalue weighted by atomic mass is 16.5. The normalized spacial score (nSPS) is 15.9. The van der Waals surface area contributed by atoms with E-state index in [9.17, 15) is 4.79 Å². The number of carbonyl (C=O) groups excluding carboxylic acids is 1. The van der Waals surface area contributed by atoms with Gasteiger partial charge in [0.25, 0.3) is 0 Å². The van der Waals surface area contributed by atoms with Crippen LogP contribution >= 0.6 is 0 Å². The molecule has 4 heteroatoms. The molecule has 4 nitrogen and oxygen atoms in total. The van der Waals surface area contributed by atoms with E-state index >= 15 is 0 Å². The van der Waals surface area contributed by atoms with Gasteiger partial charge in [-0.15, -0.1) is 0 Å². The number of hydrogen-bond donors (Lipinski definition) is 2. The average molecular weight is 248 g/mol. The molecule has 1 amide bonds. The Balaban J connectivity index is 2.02. The van der Waals surface area contributed by atoms with Gasteiger partial charge in [0.1, 0.15) is 11.8 Å². The maximum atomic E-state index is 11.9. The van der Waals surface area contributed by atoms with Crippen molar-refractivity contribution in [2.24, 2.45) is 0 Å². The highest BCUT2D eigenvalue weighted by Gasteiger charge is 2.25. The quantitative estimate of drug-likeness (QED) is 0.839. The van der Waals surface area contributed by atoms with Crippen LogP contribution in [0.4, 0.5) is 5.69 Å². The molecule has 1 aliphatic rings. The average Bonchev–Trinajstić information content (AvgIpc) is 3.13. The van der Waals surface area contributed by atoms with Gasteiger partial charge in [-0.3, -0.25) is 4.79 Å². The fraction of sp³-hybridized carbons (Fsp3) is 0.500. The van der Waals surface area contributed by atoms with Crippen LogP contribution in [-0.4, -0.2) is 25.1 Å². The molecule has 1 fully saturated rings. The summed E-state index contributed by atoms with van der Waals surface area (Å²) in [5, 5.41) is 6.18. The molecule has 18 heavy (non-hydrogen) atoms. The summed E-state index contributed by atoms with van der Waals surface area (Å²) in [5.74, 6) is 0.799. The minimum absolute atomic E-state index is 0.0426. The molecular formula is C14H20N2O2. The van der Waals surface area contributed by atoms with Gasteiger partial charge in [-0.1, -0.05) is 6.07 Å². The zero-order chi connectivity index (χ0) is 13.1. The largest absolute Gasteiger partial charge is 0.495 e. The van der Waals surface area contributed by atoms with Crippen molar-refractivity contribution in [3.05, 3.63) is 23.8 Å². The van der Waals surface area contributed by atoms with Crippen molar-refractivity contribution in [1.82, 2.24) is 5.32 Å². The van der Waals surface area contributed by atoms with Gasteiger partial charge in [-0.2, -0.15) is 0 Å². The van der Waals surface area contributed by atoms with Crippen molar-refractivity contribution >= 4 is 11.6 Å². The van der Waals surface area contributed by atoms with Gasteiger partial charge in [-0.05, 0) is 44.4 Å². The first-order chi connectivity index (χ1) is 8.60. The van der Waals surface area contributed by atoms with Gasteiger partial charge in [-0.25, -0.2) is 0 Å². The third kappa shape index (κ3) is 3.15. The number of ether oxygens (including phenoxy) is 1. The molecule has 1 aliphatic carbocycles. The smallest absolute Gasteiger partial charge is 0.242 e. The number of rotatable bonds is 5. The van der Waals surface area contributed by atoms with E-state index in [1.807, 2.05) is 32.0 Å². The Labute approximate surface area is 108 Å². The Morgan fingerprint density at radius 2 is 2.17 bits per heavy atom. The van der Waals surface area contributed by atoms with Crippen LogP contribution < -0.4 is 15.4 Å². The molecule has 0 radical (unpaired) electrons. The van der Waals surface area contributed by atoms with Gasteiger partial charge in [0.05, 0.1) is 12.8 Å². The van der Waals surface area contributed by atoms with E-state index in [1.165, 1.54) is 0 Å². The van der Waals surface area contributed by atoms with Crippen LogP contribution in [0, 0.1) is 6.92 Å². The molecule has 1 aromatic rings. The van der Waals surface area contributed by atoms with Gasteiger partial charge in [0.15, 0.2) is 0 Å². The summed E-state index contributed by atoms with van der Waals surface area (Å²) in [6, 6.07) is 6.00. The van der Waals surface area contributed by atoms with Gasteiger partial charge < -0.3 is 15.4 Å². The Hall–Kier alpha value is -1.71. The molecule has 1 aromatic carbocycles. The van der Waals surface area contributed by atoms with Crippen LogP contribution in [0.1, 0.15) is 25.3 Å². The standard InChI is InChI=1S/C14H20N2O2/c1-9-4-7-13(18-3)12(8-9)15-10(2)14(17)16-11-5-6-11/h4,7-8,10-11,15H,5-6H2,1-3H3,(H,16,17)/t10-/m0/s1. The van der Waals surface area contributed by atoms with Crippen LogP contribution in [0.3, 0.4) is 0 Å². The highest BCUT2D eigenvalue weighted by Crippen LogP contribution is 2.26. The predicted molar refractivity (Wildman–Crippen MR) is 72.0 cm³/mol. The second-order valence-electron chi connectivity index (χ2n) is 4.85. The molecule has 1 saturated carbocycles. The van der Waals surface area contributed by atoms with Gasteiger partial charge in [0.2, 0.25) is 5.91 Å². The van der Waals surface area contributed by atoms with E-state index in [2.05, 4.69) is 10.6 Å². The van der Waals surface area contributed by atoms with E-state index in [-0.39, 0.29) is 11.9 Å². The predicted octanol–water partition coefficient (Wildman–Crippen LogP) is 2.08. The summed E-state index contributed by atoms with van der Waals surface area (Å²) in [4.78, 5) is 11.9. The summed E-state index contributed by atoms with van der Waals surface area (Å²) in [7, 11) is 1.63. The molecule has 2 N–H and O–H groups in total. The van der Waals surface area contributed by atoms with Gasteiger partial charge in [0, 0.05) is 6.04 Å². The van der Waals surface area contributed by atoms with Crippen LogP contribution in [0.15, 0.2) is 18.2 Å². The van der Waals surface area contributed by atoms with Crippen molar-refractivity contribution in [3.63, 3.8) is 0 Å². The summed E-state index contributed by atoms with van der Waals surface area (Å²) in [6.45, 7) is 3.87. The number of benzene rings is 1. The third-order valence-corrected chi connectivity index (χ3v) is 3.04. The van der Waals surface area contributed by atoms with Crippen LogP contribution in [0.2, 0.25) is 0 Å². The molecule has 0 aromatic heterocycles. The molecule has 0 heterocycles. The fourth-order valence-electron chi connectivity index (χ4n) is 1.79. The molecule has 2 rings (SSSR count). The monoisotopic (exact) mass is 248 g/mol. The number of nitrogens with one attached hydrogen (secondary N) is 2. The first-order valence-corrected chi connectivity index (χ1v) is 6.31. The topological polar surface area (TPSA) is 50.4 Å². The summed E-state index contributed by atoms with van der Waals surface area (Å²) < 4.78 is 5.28. The first kappa shape index (κ1) is 12.7. The Kier molecular flexibility index (Phi) is 3.75. The third-order valence-electron chi connectivity index (χ3n) is 3.04.